The summed E-state index contributed by atoms with van der Waals surface area (Å²) in [6.45, 7) is 4.11. The van der Waals surface area contributed by atoms with Crippen molar-refractivity contribution in [1.82, 2.24) is 0 Å². The third-order valence-electron chi connectivity index (χ3n) is 3.86. The topological polar surface area (TPSA) is 38.3 Å². The fourth-order valence-corrected chi connectivity index (χ4v) is 2.68. The molecule has 0 aliphatic carbocycles. The number of halogens is 2. The van der Waals surface area contributed by atoms with Crippen molar-refractivity contribution < 1.29 is 18.3 Å². The maximum Gasteiger partial charge on any atom is 0.283 e. The van der Waals surface area contributed by atoms with Crippen LogP contribution in [0.2, 0.25) is 0 Å². The highest BCUT2D eigenvalue weighted by atomic mass is 32.2. The van der Waals surface area contributed by atoms with Crippen molar-refractivity contribution in [1.29, 1.82) is 0 Å². The van der Waals surface area contributed by atoms with Gasteiger partial charge in [-0.15, -0.1) is 0 Å². The van der Waals surface area contributed by atoms with E-state index in [0.29, 0.717) is 11.3 Å². The zero-order chi connectivity index (χ0) is 18.4. The zero-order valence-electron chi connectivity index (χ0n) is 14.4. The number of aryl methyl sites for hydroxylation is 2. The Bertz CT molecular complexity index is 750. The molecule has 0 aromatic heterocycles. The van der Waals surface area contributed by atoms with Gasteiger partial charge in [0.05, 0.1) is 5.69 Å². The van der Waals surface area contributed by atoms with E-state index in [1.807, 2.05) is 25.1 Å². The summed E-state index contributed by atoms with van der Waals surface area (Å²) in [7, 11) is 0. The van der Waals surface area contributed by atoms with Crippen LogP contribution < -0.4 is 10.1 Å². The molecule has 0 aliphatic heterocycles. The predicted octanol–water partition coefficient (Wildman–Crippen LogP) is 5.97. The maximum atomic E-state index is 13.3. The fraction of sp³-hybridized carbons (Fsp3) is 0.316. The molecular formula is C19H21F2NO2S. The van der Waals surface area contributed by atoms with E-state index in [-0.39, 0.29) is 17.9 Å². The number of hydrogen-bond acceptors (Lipinski definition) is 3. The predicted molar refractivity (Wildman–Crippen MR) is 98.8 cm³/mol. The minimum atomic E-state index is -2.68. The lowest BCUT2D eigenvalue weighted by atomic mass is 10.1. The number of nitrogens with one attached hydrogen (secondary N) is 1. The van der Waals surface area contributed by atoms with Gasteiger partial charge in [-0.05, 0) is 36.8 Å². The normalized spacial score (nSPS) is 10.8. The molecule has 0 radical (unpaired) electrons. The molecular weight excluding hydrogens is 344 g/mol. The molecule has 0 heterocycles. The molecule has 1 N–H and O–H groups in total. The average Bonchev–Trinajstić information content (AvgIpc) is 2.60. The molecule has 0 aliphatic rings. The monoisotopic (exact) mass is 365 g/mol. The number of amides is 1. The number of alkyl halides is 2. The first-order chi connectivity index (χ1) is 12.0. The Hall–Kier alpha value is -2.08. The molecule has 6 heteroatoms. The molecule has 0 atom stereocenters. The Morgan fingerprint density at radius 1 is 1.28 bits per heavy atom. The van der Waals surface area contributed by atoms with Gasteiger partial charge in [0.2, 0.25) is 0 Å². The minimum absolute atomic E-state index is 0.0941. The molecule has 1 amide bonds. The van der Waals surface area contributed by atoms with Crippen molar-refractivity contribution in [2.24, 2.45) is 0 Å². The Labute approximate surface area is 150 Å². The SMILES string of the molecule is CCc1ccc(OCc2cccc(C(F)F)c2NC(=O)SC)c(C)c1. The molecule has 2 aromatic rings. The Balaban J connectivity index is 2.26. The van der Waals surface area contributed by atoms with Crippen LogP contribution in [0.3, 0.4) is 0 Å². The van der Waals surface area contributed by atoms with Gasteiger partial charge in [-0.3, -0.25) is 4.79 Å². The standard InChI is InChI=1S/C19H21F2NO2S/c1-4-13-8-9-16(12(2)10-13)24-11-14-6-5-7-15(18(20)21)17(14)22-19(23)25-3/h5-10,18H,4,11H2,1-3H3,(H,22,23). The van der Waals surface area contributed by atoms with Crippen molar-refractivity contribution in [2.45, 2.75) is 33.3 Å². The number of carbonyl (C=O) groups excluding carboxylic acids is 1. The fourth-order valence-electron chi connectivity index (χ4n) is 2.48. The van der Waals surface area contributed by atoms with Gasteiger partial charge >= 0.3 is 0 Å². The van der Waals surface area contributed by atoms with Crippen molar-refractivity contribution in [2.75, 3.05) is 11.6 Å². The molecule has 134 valence electrons. The van der Waals surface area contributed by atoms with Crippen molar-refractivity contribution >= 4 is 22.7 Å². The van der Waals surface area contributed by atoms with Crippen molar-refractivity contribution in [3.63, 3.8) is 0 Å². The number of hydrogen-bond donors (Lipinski definition) is 1. The van der Waals surface area contributed by atoms with Crippen LogP contribution in [0.5, 0.6) is 5.75 Å². The zero-order valence-corrected chi connectivity index (χ0v) is 15.3. The molecule has 0 saturated heterocycles. The highest BCUT2D eigenvalue weighted by Crippen LogP contribution is 2.32. The van der Waals surface area contributed by atoms with Crippen molar-refractivity contribution in [3.05, 3.63) is 58.7 Å². The van der Waals surface area contributed by atoms with Crippen LogP contribution in [-0.4, -0.2) is 11.5 Å². The highest BCUT2D eigenvalue weighted by molar-refractivity contribution is 8.13. The van der Waals surface area contributed by atoms with Crippen LogP contribution in [0.1, 0.15) is 35.6 Å². The number of benzene rings is 2. The lowest BCUT2D eigenvalue weighted by molar-refractivity contribution is 0.152. The van der Waals surface area contributed by atoms with E-state index in [0.717, 1.165) is 23.7 Å². The van der Waals surface area contributed by atoms with Crippen LogP contribution in [0.25, 0.3) is 0 Å². The molecule has 0 spiro atoms. The van der Waals surface area contributed by atoms with E-state index in [2.05, 4.69) is 12.2 Å². The quantitative estimate of drug-likeness (QED) is 0.685. The number of anilines is 1. The first-order valence-electron chi connectivity index (χ1n) is 7.93. The second-order valence-corrected chi connectivity index (χ2v) is 6.32. The Morgan fingerprint density at radius 3 is 2.64 bits per heavy atom. The van der Waals surface area contributed by atoms with Gasteiger partial charge in [0, 0.05) is 11.1 Å². The first-order valence-corrected chi connectivity index (χ1v) is 9.16. The van der Waals surface area contributed by atoms with Gasteiger partial charge in [-0.1, -0.05) is 49.0 Å². The highest BCUT2D eigenvalue weighted by Gasteiger charge is 2.18. The molecule has 0 saturated carbocycles. The van der Waals surface area contributed by atoms with Gasteiger partial charge in [0.15, 0.2) is 0 Å². The average molecular weight is 365 g/mol. The third kappa shape index (κ3) is 4.95. The number of thioether (sulfide) groups is 1. The molecule has 2 rings (SSSR count). The number of rotatable bonds is 6. The van der Waals surface area contributed by atoms with E-state index in [1.165, 1.54) is 11.6 Å². The van der Waals surface area contributed by atoms with Gasteiger partial charge in [0.1, 0.15) is 12.4 Å². The van der Waals surface area contributed by atoms with E-state index < -0.39 is 11.7 Å². The van der Waals surface area contributed by atoms with Gasteiger partial charge in [-0.25, -0.2) is 8.78 Å². The summed E-state index contributed by atoms with van der Waals surface area (Å²) in [6, 6.07) is 10.4. The van der Waals surface area contributed by atoms with Crippen LogP contribution >= 0.6 is 11.8 Å². The van der Waals surface area contributed by atoms with Crippen LogP contribution in [0.15, 0.2) is 36.4 Å². The summed E-state index contributed by atoms with van der Waals surface area (Å²) in [4.78, 5) is 11.7. The second kappa shape index (κ2) is 8.85. The molecule has 0 fully saturated rings. The molecule has 0 unspecified atom stereocenters. The van der Waals surface area contributed by atoms with E-state index in [9.17, 15) is 13.6 Å². The largest absolute Gasteiger partial charge is 0.489 e. The number of ether oxygens (including phenoxy) is 1. The molecule has 25 heavy (non-hydrogen) atoms. The van der Waals surface area contributed by atoms with Crippen LogP contribution in [0, 0.1) is 6.92 Å². The van der Waals surface area contributed by atoms with Gasteiger partial charge in [0.25, 0.3) is 11.7 Å². The van der Waals surface area contributed by atoms with Gasteiger partial charge in [-0.2, -0.15) is 0 Å². The molecule has 3 nitrogen and oxygen atoms in total. The summed E-state index contributed by atoms with van der Waals surface area (Å²) in [5.74, 6) is 0.696. The lowest BCUT2D eigenvalue weighted by Crippen LogP contribution is -2.11. The third-order valence-corrected chi connectivity index (χ3v) is 4.33. The molecule has 2 aromatic carbocycles. The van der Waals surface area contributed by atoms with E-state index in [1.54, 1.807) is 18.4 Å². The summed E-state index contributed by atoms with van der Waals surface area (Å²) >= 11 is 0.934. The number of para-hydroxylation sites is 1. The van der Waals surface area contributed by atoms with E-state index in [4.69, 9.17) is 4.74 Å². The summed E-state index contributed by atoms with van der Waals surface area (Å²) < 4.78 is 32.4. The first kappa shape index (κ1) is 19.2. The Kier molecular flexibility index (Phi) is 6.82. The second-order valence-electron chi connectivity index (χ2n) is 5.54. The summed E-state index contributed by atoms with van der Waals surface area (Å²) in [6.07, 6.45) is -0.153. The van der Waals surface area contributed by atoms with Gasteiger partial charge < -0.3 is 10.1 Å². The van der Waals surface area contributed by atoms with E-state index >= 15 is 0 Å². The minimum Gasteiger partial charge on any atom is -0.489 e. The Morgan fingerprint density at radius 2 is 2.04 bits per heavy atom. The maximum absolute atomic E-state index is 13.3. The van der Waals surface area contributed by atoms with Crippen molar-refractivity contribution in [3.8, 4) is 5.75 Å². The summed E-state index contributed by atoms with van der Waals surface area (Å²) in [5, 5.41) is 2.15. The smallest absolute Gasteiger partial charge is 0.283 e. The summed E-state index contributed by atoms with van der Waals surface area (Å²) in [5.41, 5.74) is 2.62. The number of carbonyl (C=O) groups is 1. The lowest BCUT2D eigenvalue weighted by Gasteiger charge is -2.16. The van der Waals surface area contributed by atoms with Crippen LogP contribution in [0.4, 0.5) is 19.3 Å². The van der Waals surface area contributed by atoms with Crippen LogP contribution in [-0.2, 0) is 13.0 Å². The molecule has 0 bridgehead atoms.